The maximum atomic E-state index is 12.8. The van der Waals surface area contributed by atoms with E-state index in [0.29, 0.717) is 12.2 Å². The number of fused-ring (bicyclic) bond motifs is 1. The third kappa shape index (κ3) is 4.37. The van der Waals surface area contributed by atoms with E-state index in [1.54, 1.807) is 4.68 Å². The molecule has 0 amide bonds. The summed E-state index contributed by atoms with van der Waals surface area (Å²) >= 11 is 0. The van der Waals surface area contributed by atoms with Crippen molar-refractivity contribution in [3.8, 4) is 11.1 Å². The smallest absolute Gasteiger partial charge is 0.143 e. The number of rotatable bonds is 4. The van der Waals surface area contributed by atoms with Crippen molar-refractivity contribution < 1.29 is 4.79 Å². The van der Waals surface area contributed by atoms with Gasteiger partial charge in [-0.25, -0.2) is 9.97 Å². The second-order valence-corrected chi connectivity index (χ2v) is 9.04. The summed E-state index contributed by atoms with van der Waals surface area (Å²) in [6, 6.07) is 6.12. The van der Waals surface area contributed by atoms with E-state index in [0.717, 1.165) is 48.0 Å². The summed E-state index contributed by atoms with van der Waals surface area (Å²) in [6.07, 6.45) is 7.81. The molecule has 1 aliphatic rings. The highest BCUT2D eigenvalue weighted by molar-refractivity contribution is 5.85. The number of Topliss-reactive ketones (excluding diaryl/α,β-unsaturated/α-hetero) is 1. The maximum Gasteiger partial charge on any atom is 0.143 e. The second kappa shape index (κ2) is 7.67. The van der Waals surface area contributed by atoms with Gasteiger partial charge >= 0.3 is 0 Å². The Bertz CT molecular complexity index is 1030. The summed E-state index contributed by atoms with van der Waals surface area (Å²) in [4.78, 5) is 24.4. The lowest BCUT2D eigenvalue weighted by Crippen LogP contribution is -2.47. The Hall–Kier alpha value is -2.60. The number of hydrogen-bond donors (Lipinski definition) is 0. The first kappa shape index (κ1) is 19.7. The van der Waals surface area contributed by atoms with Crippen molar-refractivity contribution in [2.75, 3.05) is 13.1 Å². The van der Waals surface area contributed by atoms with Gasteiger partial charge in [0, 0.05) is 41.8 Å². The first-order chi connectivity index (χ1) is 13.8. The number of likely N-dealkylation sites (tertiary alicyclic amines) is 1. The Labute approximate surface area is 172 Å². The van der Waals surface area contributed by atoms with Gasteiger partial charge < -0.3 is 0 Å². The van der Waals surface area contributed by atoms with Gasteiger partial charge in [0.25, 0.3) is 0 Å². The molecule has 152 valence electrons. The predicted octanol–water partition coefficient (Wildman–Crippen LogP) is 3.65. The van der Waals surface area contributed by atoms with Gasteiger partial charge in [-0.2, -0.15) is 5.10 Å². The monoisotopic (exact) mass is 391 g/mol. The molecule has 0 radical (unpaired) electrons. The highest BCUT2D eigenvalue weighted by Gasteiger charge is 2.30. The van der Waals surface area contributed by atoms with Crippen LogP contribution in [-0.4, -0.2) is 49.1 Å². The molecule has 6 nitrogen and oxygen atoms in total. The Morgan fingerprint density at radius 3 is 2.55 bits per heavy atom. The van der Waals surface area contributed by atoms with Crippen LogP contribution in [0.15, 0.2) is 36.8 Å². The van der Waals surface area contributed by atoms with Crippen molar-refractivity contribution in [2.45, 2.75) is 45.6 Å². The number of carbonyl (C=O) groups is 1. The van der Waals surface area contributed by atoms with Gasteiger partial charge in [0.05, 0.1) is 18.1 Å². The second-order valence-electron chi connectivity index (χ2n) is 9.04. The van der Waals surface area contributed by atoms with Crippen LogP contribution in [0.25, 0.3) is 22.0 Å². The molecule has 3 aromatic rings. The fourth-order valence-corrected chi connectivity index (χ4v) is 4.07. The molecular formula is C23H29N5O. The summed E-state index contributed by atoms with van der Waals surface area (Å²) in [5.41, 5.74) is 3.15. The van der Waals surface area contributed by atoms with Gasteiger partial charge in [-0.1, -0.05) is 12.1 Å². The quantitative estimate of drug-likeness (QED) is 0.679. The normalized spacial score (nSPS) is 16.4. The minimum atomic E-state index is 0.120. The fraction of sp³-hybridized carbons (Fsp3) is 0.478. The molecule has 0 spiro atoms. The molecule has 1 saturated heterocycles. The largest absolute Gasteiger partial charge is 0.299 e. The molecule has 0 saturated carbocycles. The molecule has 0 N–H and O–H groups in total. The zero-order valence-electron chi connectivity index (χ0n) is 17.7. The van der Waals surface area contributed by atoms with Crippen molar-refractivity contribution in [3.63, 3.8) is 0 Å². The van der Waals surface area contributed by atoms with Crippen molar-refractivity contribution in [1.82, 2.24) is 24.6 Å². The van der Waals surface area contributed by atoms with Gasteiger partial charge in [0.1, 0.15) is 11.6 Å². The van der Waals surface area contributed by atoms with E-state index in [1.807, 2.05) is 37.8 Å². The number of aromatic nitrogens is 4. The van der Waals surface area contributed by atoms with E-state index in [-0.39, 0.29) is 17.2 Å². The number of nitrogens with zero attached hydrogens (tertiary/aromatic N) is 5. The SMILES string of the molecule is Cn1cc(-c2ccc3cnc(CC(=O)C4CCN(C(C)(C)C)CC4)nc3c2)cn1. The fourth-order valence-electron chi connectivity index (χ4n) is 4.07. The van der Waals surface area contributed by atoms with Crippen LogP contribution in [0.3, 0.4) is 0 Å². The van der Waals surface area contributed by atoms with E-state index in [4.69, 9.17) is 0 Å². The molecule has 0 bridgehead atoms. The molecule has 0 atom stereocenters. The van der Waals surface area contributed by atoms with E-state index in [2.05, 4.69) is 46.8 Å². The van der Waals surface area contributed by atoms with Crippen LogP contribution >= 0.6 is 0 Å². The number of benzene rings is 1. The Morgan fingerprint density at radius 2 is 1.90 bits per heavy atom. The first-order valence-corrected chi connectivity index (χ1v) is 10.3. The lowest BCUT2D eigenvalue weighted by atomic mass is 9.88. The Kier molecular flexibility index (Phi) is 5.21. The summed E-state index contributed by atoms with van der Waals surface area (Å²) in [6.45, 7) is 8.66. The highest BCUT2D eigenvalue weighted by Crippen LogP contribution is 2.26. The molecule has 2 aromatic heterocycles. The number of aryl methyl sites for hydroxylation is 1. The van der Waals surface area contributed by atoms with Crippen LogP contribution < -0.4 is 0 Å². The molecule has 1 aliphatic heterocycles. The van der Waals surface area contributed by atoms with Gasteiger partial charge in [0.2, 0.25) is 0 Å². The molecule has 1 aromatic carbocycles. The third-order valence-corrected chi connectivity index (χ3v) is 5.90. The number of hydrogen-bond acceptors (Lipinski definition) is 5. The van der Waals surface area contributed by atoms with E-state index in [1.165, 1.54) is 0 Å². The summed E-state index contributed by atoms with van der Waals surface area (Å²) in [5.74, 6) is 1.00. The van der Waals surface area contributed by atoms with Gasteiger partial charge in [-0.05, 0) is 58.3 Å². The minimum absolute atomic E-state index is 0.120. The topological polar surface area (TPSA) is 63.9 Å². The maximum absolute atomic E-state index is 12.8. The zero-order valence-corrected chi connectivity index (χ0v) is 17.7. The lowest BCUT2D eigenvalue weighted by molar-refractivity contribution is -0.124. The van der Waals surface area contributed by atoms with E-state index < -0.39 is 0 Å². The average Bonchev–Trinajstić information content (AvgIpc) is 3.13. The molecule has 1 fully saturated rings. The van der Waals surface area contributed by atoms with Crippen molar-refractivity contribution in [2.24, 2.45) is 13.0 Å². The van der Waals surface area contributed by atoms with E-state index in [9.17, 15) is 4.79 Å². The molecule has 4 rings (SSSR count). The molecule has 3 heterocycles. The molecule has 0 unspecified atom stereocenters. The molecule has 0 aliphatic carbocycles. The number of piperidine rings is 1. The van der Waals surface area contributed by atoms with Crippen LogP contribution in [0.1, 0.15) is 39.4 Å². The van der Waals surface area contributed by atoms with Crippen LogP contribution in [0, 0.1) is 5.92 Å². The summed E-state index contributed by atoms with van der Waals surface area (Å²) in [5, 5.41) is 5.22. The van der Waals surface area contributed by atoms with Crippen molar-refractivity contribution in [1.29, 1.82) is 0 Å². The van der Waals surface area contributed by atoms with E-state index >= 15 is 0 Å². The summed E-state index contributed by atoms with van der Waals surface area (Å²) < 4.78 is 1.79. The van der Waals surface area contributed by atoms with Crippen molar-refractivity contribution >= 4 is 16.7 Å². The third-order valence-electron chi connectivity index (χ3n) is 5.90. The molecular weight excluding hydrogens is 362 g/mol. The summed E-state index contributed by atoms with van der Waals surface area (Å²) in [7, 11) is 1.91. The van der Waals surface area contributed by atoms with Gasteiger partial charge in [0.15, 0.2) is 0 Å². The van der Waals surface area contributed by atoms with Crippen molar-refractivity contribution in [3.05, 3.63) is 42.6 Å². The lowest BCUT2D eigenvalue weighted by Gasteiger charge is -2.40. The van der Waals surface area contributed by atoms with Crippen LogP contribution in [0.5, 0.6) is 0 Å². The van der Waals surface area contributed by atoms with Crippen LogP contribution in [0.2, 0.25) is 0 Å². The molecule has 29 heavy (non-hydrogen) atoms. The molecule has 6 heteroatoms. The zero-order chi connectivity index (χ0) is 20.6. The predicted molar refractivity (Wildman–Crippen MR) is 115 cm³/mol. The minimum Gasteiger partial charge on any atom is -0.299 e. The van der Waals surface area contributed by atoms with Gasteiger partial charge in [-0.3, -0.25) is 14.4 Å². The Morgan fingerprint density at radius 1 is 1.14 bits per heavy atom. The number of carbonyl (C=O) groups excluding carboxylic acids is 1. The van der Waals surface area contributed by atoms with Crippen LogP contribution in [-0.2, 0) is 18.3 Å². The highest BCUT2D eigenvalue weighted by atomic mass is 16.1. The Balaban J connectivity index is 1.47. The standard InChI is InChI=1S/C23H29N5O/c1-23(2,3)28-9-7-16(8-10-28)21(29)12-22-24-13-18-6-5-17(11-20(18)26-22)19-14-25-27(4)15-19/h5-6,11,13-16H,7-10,12H2,1-4H3. The van der Waals surface area contributed by atoms with Gasteiger partial charge in [-0.15, -0.1) is 0 Å². The first-order valence-electron chi connectivity index (χ1n) is 10.3. The van der Waals surface area contributed by atoms with Crippen LogP contribution in [0.4, 0.5) is 0 Å². The number of ketones is 1. The average molecular weight is 392 g/mol.